The molecule has 1 saturated heterocycles. The van der Waals surface area contributed by atoms with E-state index in [0.717, 1.165) is 19.0 Å². The molecule has 0 bridgehead atoms. The average Bonchev–Trinajstić information content (AvgIpc) is 2.93. The van der Waals surface area contributed by atoms with Crippen molar-refractivity contribution in [2.45, 2.75) is 34.2 Å². The van der Waals surface area contributed by atoms with Gasteiger partial charge in [0.05, 0.1) is 19.6 Å². The summed E-state index contributed by atoms with van der Waals surface area (Å²) in [5, 5.41) is 3.35. The minimum Gasteiger partial charge on any atom is -0.469 e. The second kappa shape index (κ2) is 8.18. The predicted molar refractivity (Wildman–Crippen MR) is 97.0 cm³/mol. The van der Waals surface area contributed by atoms with Gasteiger partial charge < -0.3 is 15.0 Å². The highest BCUT2D eigenvalue weighted by molar-refractivity contribution is 5.82. The predicted octanol–water partition coefficient (Wildman–Crippen LogP) is 2.51. The van der Waals surface area contributed by atoms with Crippen molar-refractivity contribution >= 4 is 11.9 Å². The van der Waals surface area contributed by atoms with Crippen molar-refractivity contribution in [2.75, 3.05) is 26.7 Å². The van der Waals surface area contributed by atoms with Gasteiger partial charge >= 0.3 is 5.97 Å². The number of nitrogens with one attached hydrogen (secondary N) is 1. The molecule has 1 fully saturated rings. The number of hydrogen-bond donors (Lipinski definition) is 1. The minimum atomic E-state index is -0.129. The second-order valence-electron chi connectivity index (χ2n) is 6.61. The molecule has 0 aromatic heterocycles. The van der Waals surface area contributed by atoms with Crippen LogP contribution >= 0.6 is 0 Å². The number of aliphatic imine (C=N–C) groups is 1. The lowest BCUT2D eigenvalue weighted by molar-refractivity contribution is -0.145. The van der Waals surface area contributed by atoms with Crippen LogP contribution in [0.4, 0.5) is 0 Å². The molecule has 1 aromatic rings. The van der Waals surface area contributed by atoms with Gasteiger partial charge in [-0.15, -0.1) is 0 Å². The summed E-state index contributed by atoms with van der Waals surface area (Å²) in [7, 11) is 1.46. The molecule has 132 valence electrons. The maximum atomic E-state index is 11.9. The summed E-state index contributed by atoms with van der Waals surface area (Å²) in [6, 6.07) is 6.45. The Kier molecular flexibility index (Phi) is 6.23. The number of rotatable bonds is 4. The lowest BCUT2D eigenvalue weighted by atomic mass is 9.99. The zero-order valence-corrected chi connectivity index (χ0v) is 15.4. The largest absolute Gasteiger partial charge is 0.469 e. The fraction of sp³-hybridized carbons (Fsp3) is 0.579. The molecule has 2 rings (SSSR count). The van der Waals surface area contributed by atoms with Crippen molar-refractivity contribution in [2.24, 2.45) is 16.8 Å². The first kappa shape index (κ1) is 18.3. The number of aryl methyl sites for hydroxylation is 2. The summed E-state index contributed by atoms with van der Waals surface area (Å²) in [5.41, 5.74) is 3.76. The molecule has 2 unspecified atom stereocenters. The maximum absolute atomic E-state index is 11.9. The van der Waals surface area contributed by atoms with Crippen LogP contribution in [0.1, 0.15) is 30.5 Å². The zero-order chi connectivity index (χ0) is 17.7. The van der Waals surface area contributed by atoms with E-state index in [4.69, 9.17) is 9.73 Å². The Labute approximate surface area is 145 Å². The van der Waals surface area contributed by atoms with Gasteiger partial charge in [0, 0.05) is 19.6 Å². The highest BCUT2D eigenvalue weighted by Crippen LogP contribution is 2.24. The number of guanidine groups is 1. The van der Waals surface area contributed by atoms with Gasteiger partial charge in [0.15, 0.2) is 5.96 Å². The van der Waals surface area contributed by atoms with Crippen LogP contribution in [-0.2, 0) is 16.1 Å². The van der Waals surface area contributed by atoms with Crippen LogP contribution < -0.4 is 5.32 Å². The van der Waals surface area contributed by atoms with Gasteiger partial charge in [0.25, 0.3) is 0 Å². The van der Waals surface area contributed by atoms with Gasteiger partial charge in [-0.05, 0) is 37.8 Å². The molecular weight excluding hydrogens is 302 g/mol. The molecule has 1 aromatic carbocycles. The molecule has 1 heterocycles. The van der Waals surface area contributed by atoms with Crippen molar-refractivity contribution < 1.29 is 9.53 Å². The Balaban J connectivity index is 2.12. The molecule has 0 saturated carbocycles. The highest BCUT2D eigenvalue weighted by Gasteiger charge is 2.36. The summed E-state index contributed by atoms with van der Waals surface area (Å²) < 4.78 is 4.92. The van der Waals surface area contributed by atoms with Gasteiger partial charge in [-0.3, -0.25) is 4.79 Å². The van der Waals surface area contributed by atoms with E-state index >= 15 is 0 Å². The summed E-state index contributed by atoms with van der Waals surface area (Å²) in [4.78, 5) is 18.9. The standard InChI is InChI=1S/C19H29N3O2/c1-6-20-19(21-10-16-8-7-13(2)9-14(16)3)22-11-15(4)17(12-22)18(23)24-5/h7-9,15,17H,6,10-12H2,1-5H3,(H,20,21). The number of carbonyl (C=O) groups excluding carboxylic acids is 1. The second-order valence-corrected chi connectivity index (χ2v) is 6.61. The zero-order valence-electron chi connectivity index (χ0n) is 15.4. The Morgan fingerprint density at radius 2 is 2.12 bits per heavy atom. The van der Waals surface area contributed by atoms with E-state index < -0.39 is 0 Å². The van der Waals surface area contributed by atoms with E-state index in [9.17, 15) is 4.79 Å². The van der Waals surface area contributed by atoms with Crippen LogP contribution in [0.25, 0.3) is 0 Å². The maximum Gasteiger partial charge on any atom is 0.310 e. The molecule has 0 amide bonds. The van der Waals surface area contributed by atoms with Crippen molar-refractivity contribution in [3.05, 3.63) is 34.9 Å². The van der Waals surface area contributed by atoms with Gasteiger partial charge in [-0.1, -0.05) is 30.7 Å². The Hall–Kier alpha value is -2.04. The van der Waals surface area contributed by atoms with E-state index in [1.54, 1.807) is 0 Å². The van der Waals surface area contributed by atoms with Crippen molar-refractivity contribution in [3.8, 4) is 0 Å². The molecule has 1 aliphatic heterocycles. The van der Waals surface area contributed by atoms with Gasteiger partial charge in [0.2, 0.25) is 0 Å². The Bertz CT molecular complexity index is 613. The monoisotopic (exact) mass is 331 g/mol. The number of esters is 1. The SMILES string of the molecule is CCNC(=NCc1ccc(C)cc1C)N1CC(C)C(C(=O)OC)C1. The van der Waals surface area contributed by atoms with Crippen LogP contribution in [0.5, 0.6) is 0 Å². The highest BCUT2D eigenvalue weighted by atomic mass is 16.5. The quantitative estimate of drug-likeness (QED) is 0.523. The summed E-state index contributed by atoms with van der Waals surface area (Å²) in [6.07, 6.45) is 0. The smallest absolute Gasteiger partial charge is 0.310 e. The number of methoxy groups -OCH3 is 1. The Morgan fingerprint density at radius 1 is 1.38 bits per heavy atom. The van der Waals surface area contributed by atoms with Crippen molar-refractivity contribution in [3.63, 3.8) is 0 Å². The van der Waals surface area contributed by atoms with Crippen LogP contribution in [0.3, 0.4) is 0 Å². The summed E-state index contributed by atoms with van der Waals surface area (Å²) in [6.45, 7) is 11.3. The first-order chi connectivity index (χ1) is 11.5. The summed E-state index contributed by atoms with van der Waals surface area (Å²) >= 11 is 0. The van der Waals surface area contributed by atoms with Crippen LogP contribution in [0.2, 0.25) is 0 Å². The third-order valence-corrected chi connectivity index (χ3v) is 4.65. The molecule has 0 aliphatic carbocycles. The number of ether oxygens (including phenoxy) is 1. The fourth-order valence-corrected chi connectivity index (χ4v) is 3.21. The van der Waals surface area contributed by atoms with Crippen molar-refractivity contribution in [1.82, 2.24) is 10.2 Å². The third-order valence-electron chi connectivity index (χ3n) is 4.65. The van der Waals surface area contributed by atoms with Gasteiger partial charge in [-0.2, -0.15) is 0 Å². The number of nitrogens with zero attached hydrogens (tertiary/aromatic N) is 2. The summed E-state index contributed by atoms with van der Waals surface area (Å²) in [5.74, 6) is 0.924. The van der Waals surface area contributed by atoms with Crippen LogP contribution in [0, 0.1) is 25.7 Å². The molecule has 2 atom stereocenters. The lowest BCUT2D eigenvalue weighted by Gasteiger charge is -2.21. The number of likely N-dealkylation sites (tertiary alicyclic amines) is 1. The molecule has 1 aliphatic rings. The van der Waals surface area contributed by atoms with Crippen molar-refractivity contribution in [1.29, 1.82) is 0 Å². The number of carbonyl (C=O) groups is 1. The topological polar surface area (TPSA) is 53.9 Å². The molecule has 5 heteroatoms. The van der Waals surface area contributed by atoms with Crippen LogP contribution in [0.15, 0.2) is 23.2 Å². The molecule has 0 spiro atoms. The number of benzene rings is 1. The lowest BCUT2D eigenvalue weighted by Crippen LogP contribution is -2.40. The minimum absolute atomic E-state index is 0.0834. The first-order valence-corrected chi connectivity index (χ1v) is 8.63. The normalized spacial score (nSPS) is 21.0. The molecular formula is C19H29N3O2. The van der Waals surface area contributed by atoms with E-state index in [0.29, 0.717) is 13.1 Å². The Morgan fingerprint density at radius 3 is 2.75 bits per heavy atom. The van der Waals surface area contributed by atoms with E-state index in [1.807, 2.05) is 0 Å². The van der Waals surface area contributed by atoms with E-state index in [-0.39, 0.29) is 17.8 Å². The van der Waals surface area contributed by atoms with Gasteiger partial charge in [0.1, 0.15) is 0 Å². The van der Waals surface area contributed by atoms with E-state index in [1.165, 1.54) is 23.8 Å². The van der Waals surface area contributed by atoms with E-state index in [2.05, 4.69) is 56.1 Å². The molecule has 0 radical (unpaired) electrons. The number of hydrogen-bond acceptors (Lipinski definition) is 3. The molecule has 1 N–H and O–H groups in total. The third kappa shape index (κ3) is 4.28. The molecule has 24 heavy (non-hydrogen) atoms. The fourth-order valence-electron chi connectivity index (χ4n) is 3.21. The molecule has 5 nitrogen and oxygen atoms in total. The first-order valence-electron chi connectivity index (χ1n) is 8.63. The van der Waals surface area contributed by atoms with Gasteiger partial charge in [-0.25, -0.2) is 4.99 Å². The van der Waals surface area contributed by atoms with Crippen LogP contribution in [-0.4, -0.2) is 43.6 Å². The average molecular weight is 331 g/mol.